The summed E-state index contributed by atoms with van der Waals surface area (Å²) in [6.45, 7) is 3.50. The Kier molecular flexibility index (Phi) is 4.71. The second-order valence-corrected chi connectivity index (χ2v) is 7.20. The number of halogens is 2. The Morgan fingerprint density at radius 1 is 1.25 bits per heavy atom. The Balaban J connectivity index is 1.96. The molecule has 2 aromatic carbocycles. The van der Waals surface area contributed by atoms with Gasteiger partial charge in [0.2, 0.25) is 5.91 Å². The molecule has 0 spiro atoms. The van der Waals surface area contributed by atoms with Gasteiger partial charge in [-0.15, -0.1) is 0 Å². The summed E-state index contributed by atoms with van der Waals surface area (Å²) < 4.78 is 1.86. The van der Waals surface area contributed by atoms with Gasteiger partial charge in [-0.25, -0.2) is 4.98 Å². The molecule has 0 fully saturated rings. The van der Waals surface area contributed by atoms with Crippen molar-refractivity contribution in [1.82, 2.24) is 14.5 Å². The van der Waals surface area contributed by atoms with Crippen LogP contribution in [0.5, 0.6) is 0 Å². The van der Waals surface area contributed by atoms with Crippen LogP contribution in [-0.2, 0) is 11.8 Å². The number of hydrogen-bond acceptors (Lipinski definition) is 2. The van der Waals surface area contributed by atoms with Gasteiger partial charge in [0.15, 0.2) is 0 Å². The summed E-state index contributed by atoms with van der Waals surface area (Å²) >= 11 is 12.7. The van der Waals surface area contributed by atoms with Gasteiger partial charge in [0.05, 0.1) is 28.3 Å². The maximum atomic E-state index is 11.8. The van der Waals surface area contributed by atoms with E-state index in [1.165, 1.54) is 6.08 Å². The molecule has 140 valence electrons. The lowest BCUT2D eigenvalue weighted by atomic mass is 10.1. The number of imidazole rings is 1. The summed E-state index contributed by atoms with van der Waals surface area (Å²) in [4.78, 5) is 19.7. The van der Waals surface area contributed by atoms with Crippen LogP contribution < -0.4 is 5.32 Å². The number of carbonyl (C=O) groups is 1. The Morgan fingerprint density at radius 2 is 2.00 bits per heavy atom. The molecular formula is C21H16Cl2N4O. The summed E-state index contributed by atoms with van der Waals surface area (Å²) in [6, 6.07) is 11.1. The predicted octanol–water partition coefficient (Wildman–Crippen LogP) is 5.67. The number of nitrogens with one attached hydrogen (secondary N) is 2. The van der Waals surface area contributed by atoms with Gasteiger partial charge in [0.25, 0.3) is 0 Å². The zero-order valence-electron chi connectivity index (χ0n) is 15.0. The fraction of sp³-hybridized carbons (Fsp3) is 0.0476. The van der Waals surface area contributed by atoms with Gasteiger partial charge in [0.1, 0.15) is 0 Å². The normalized spacial score (nSPS) is 11.0. The average molecular weight is 411 g/mol. The van der Waals surface area contributed by atoms with Crippen molar-refractivity contribution in [2.45, 2.75) is 0 Å². The number of aromatic amines is 1. The molecule has 2 N–H and O–H groups in total. The molecule has 0 aliphatic carbocycles. The Hall–Kier alpha value is -3.02. The van der Waals surface area contributed by atoms with Crippen molar-refractivity contribution in [3.63, 3.8) is 0 Å². The molecule has 5 nitrogen and oxygen atoms in total. The van der Waals surface area contributed by atoms with E-state index in [9.17, 15) is 4.79 Å². The molecule has 0 aliphatic rings. The van der Waals surface area contributed by atoms with Crippen LogP contribution in [0.3, 0.4) is 0 Å². The molecule has 4 aromatic rings. The molecule has 0 atom stereocenters. The lowest BCUT2D eigenvalue weighted by molar-refractivity contribution is -0.111. The fourth-order valence-corrected chi connectivity index (χ4v) is 3.53. The number of rotatable bonds is 4. The number of aromatic nitrogens is 3. The van der Waals surface area contributed by atoms with Crippen LogP contribution in [0.15, 0.2) is 61.6 Å². The SMILES string of the molecule is C=CC(=O)Nc1cc(-c2cn(C)cn2)c2[nH]c(-c3ccc(Cl)cc3)c(Cl)c2c1. The third kappa shape index (κ3) is 3.30. The number of fused-ring (bicyclic) bond motifs is 1. The second kappa shape index (κ2) is 7.19. The number of aryl methyl sites for hydroxylation is 1. The van der Waals surface area contributed by atoms with E-state index in [-0.39, 0.29) is 5.91 Å². The van der Waals surface area contributed by atoms with Crippen LogP contribution >= 0.6 is 23.2 Å². The highest BCUT2D eigenvalue weighted by molar-refractivity contribution is 6.39. The van der Waals surface area contributed by atoms with Crippen LogP contribution in [0.25, 0.3) is 33.4 Å². The molecule has 0 radical (unpaired) electrons. The summed E-state index contributed by atoms with van der Waals surface area (Å²) in [7, 11) is 1.90. The van der Waals surface area contributed by atoms with E-state index < -0.39 is 0 Å². The zero-order valence-corrected chi connectivity index (χ0v) is 16.5. The predicted molar refractivity (Wildman–Crippen MR) is 115 cm³/mol. The Bertz CT molecular complexity index is 1210. The average Bonchev–Trinajstić information content (AvgIpc) is 3.26. The molecule has 28 heavy (non-hydrogen) atoms. The largest absolute Gasteiger partial charge is 0.353 e. The molecule has 0 saturated heterocycles. The first kappa shape index (κ1) is 18.3. The van der Waals surface area contributed by atoms with Crippen LogP contribution in [0.1, 0.15) is 0 Å². The monoisotopic (exact) mass is 410 g/mol. The van der Waals surface area contributed by atoms with Gasteiger partial charge in [-0.2, -0.15) is 0 Å². The second-order valence-electron chi connectivity index (χ2n) is 6.38. The summed E-state index contributed by atoms with van der Waals surface area (Å²) in [5.41, 5.74) is 4.74. The summed E-state index contributed by atoms with van der Waals surface area (Å²) in [5.74, 6) is -0.295. The van der Waals surface area contributed by atoms with Gasteiger partial charge < -0.3 is 14.9 Å². The molecule has 7 heteroatoms. The summed E-state index contributed by atoms with van der Waals surface area (Å²) in [5, 5.41) is 4.80. The third-order valence-corrected chi connectivity index (χ3v) is 5.06. The molecule has 4 rings (SSSR count). The first-order valence-corrected chi connectivity index (χ1v) is 9.25. The van der Waals surface area contributed by atoms with E-state index in [1.807, 2.05) is 54.2 Å². The smallest absolute Gasteiger partial charge is 0.247 e. The van der Waals surface area contributed by atoms with Crippen LogP contribution in [0.4, 0.5) is 5.69 Å². The van der Waals surface area contributed by atoms with Gasteiger partial charge in [-0.1, -0.05) is 41.9 Å². The zero-order chi connectivity index (χ0) is 19.8. The maximum absolute atomic E-state index is 11.8. The highest BCUT2D eigenvalue weighted by Crippen LogP contribution is 2.40. The molecule has 2 heterocycles. The number of hydrogen-bond donors (Lipinski definition) is 2. The van der Waals surface area contributed by atoms with Crippen molar-refractivity contribution in [1.29, 1.82) is 0 Å². The third-order valence-electron chi connectivity index (χ3n) is 4.41. The molecule has 1 amide bonds. The number of carbonyl (C=O) groups excluding carboxylic acids is 1. The molecular weight excluding hydrogens is 395 g/mol. The number of amides is 1. The maximum Gasteiger partial charge on any atom is 0.247 e. The lowest BCUT2D eigenvalue weighted by Crippen LogP contribution is -2.07. The molecule has 0 bridgehead atoms. The first-order chi connectivity index (χ1) is 13.5. The highest BCUT2D eigenvalue weighted by atomic mass is 35.5. The van der Waals surface area contributed by atoms with Crippen LogP contribution in [0, 0.1) is 0 Å². The van der Waals surface area contributed by atoms with Crippen molar-refractivity contribution < 1.29 is 4.79 Å². The molecule has 2 aromatic heterocycles. The van der Waals surface area contributed by atoms with Gasteiger partial charge in [-0.3, -0.25) is 4.79 Å². The van der Waals surface area contributed by atoms with E-state index >= 15 is 0 Å². The van der Waals surface area contributed by atoms with Gasteiger partial charge in [0, 0.05) is 34.9 Å². The van der Waals surface area contributed by atoms with Gasteiger partial charge in [-0.05, 0) is 35.9 Å². The minimum Gasteiger partial charge on any atom is -0.353 e. The number of benzene rings is 2. The van der Waals surface area contributed by atoms with Crippen molar-refractivity contribution in [2.24, 2.45) is 7.05 Å². The summed E-state index contributed by atoms with van der Waals surface area (Å²) in [6.07, 6.45) is 4.86. The van der Waals surface area contributed by atoms with E-state index in [0.717, 1.165) is 33.4 Å². The van der Waals surface area contributed by atoms with E-state index in [0.29, 0.717) is 15.7 Å². The standard InChI is InChI=1S/C21H16Cl2N4O/c1-3-18(28)25-14-8-15(17-10-27(2)11-24-17)21-16(9-14)19(23)20(26-21)12-4-6-13(22)7-5-12/h3-11,26H,1H2,2H3,(H,25,28). The van der Waals surface area contributed by atoms with E-state index in [1.54, 1.807) is 6.33 Å². The Labute approximate surface area is 171 Å². The highest BCUT2D eigenvalue weighted by Gasteiger charge is 2.18. The minimum absolute atomic E-state index is 0.295. The van der Waals surface area contributed by atoms with Crippen molar-refractivity contribution in [3.8, 4) is 22.5 Å². The molecule has 0 aliphatic heterocycles. The number of nitrogens with zero attached hydrogens (tertiary/aromatic N) is 2. The minimum atomic E-state index is -0.295. The van der Waals surface area contributed by atoms with Crippen LogP contribution in [0.2, 0.25) is 10.0 Å². The number of H-pyrrole nitrogens is 1. The van der Waals surface area contributed by atoms with Crippen LogP contribution in [-0.4, -0.2) is 20.4 Å². The lowest BCUT2D eigenvalue weighted by Gasteiger charge is -2.07. The van der Waals surface area contributed by atoms with Crippen molar-refractivity contribution in [2.75, 3.05) is 5.32 Å². The fourth-order valence-electron chi connectivity index (χ4n) is 3.10. The quantitative estimate of drug-likeness (QED) is 0.425. The van der Waals surface area contributed by atoms with Crippen molar-refractivity contribution >= 4 is 45.7 Å². The van der Waals surface area contributed by atoms with E-state index in [2.05, 4.69) is 21.9 Å². The van der Waals surface area contributed by atoms with Crippen molar-refractivity contribution in [3.05, 3.63) is 71.6 Å². The Morgan fingerprint density at radius 3 is 2.64 bits per heavy atom. The van der Waals surface area contributed by atoms with E-state index in [4.69, 9.17) is 23.2 Å². The first-order valence-electron chi connectivity index (χ1n) is 8.49. The topological polar surface area (TPSA) is 62.7 Å². The molecule has 0 unspecified atom stereocenters. The molecule has 0 saturated carbocycles. The number of anilines is 1. The van der Waals surface area contributed by atoms with Gasteiger partial charge >= 0.3 is 0 Å².